The van der Waals surface area contributed by atoms with E-state index in [1.54, 1.807) is 39.0 Å². The fraction of sp³-hybridized carbons (Fsp3) is 0.645. The Bertz CT molecular complexity index is 1430. The zero-order valence-electron chi connectivity index (χ0n) is 25.5. The second-order valence-corrected chi connectivity index (χ2v) is 13.3. The minimum atomic E-state index is -3.75. The Morgan fingerprint density at radius 2 is 1.88 bits per heavy atom. The number of methoxy groups -OCH3 is 1. The first kappa shape index (κ1) is 30.9. The Balaban J connectivity index is 1.56. The highest BCUT2D eigenvalue weighted by Gasteiger charge is 2.63. The van der Waals surface area contributed by atoms with Crippen LogP contribution in [0.5, 0.6) is 11.6 Å². The SMILES string of the molecule is COc1ccc2nc3c(nc2c1)O[C@H]1CN(C(=O)[C@H](C(C)(C)C)NC(=O)O[C@]2(C)C[C@H]2CCCCC3)[C@H](C(C)=O)C1(F)F. The van der Waals surface area contributed by atoms with Crippen LogP contribution in [0.15, 0.2) is 18.2 Å². The molecule has 1 aromatic carbocycles. The Morgan fingerprint density at radius 1 is 1.14 bits per heavy atom. The molecule has 2 bridgehead atoms. The molecule has 1 aromatic heterocycles. The third-order valence-electron chi connectivity index (χ3n) is 8.82. The molecule has 2 aromatic rings. The monoisotopic (exact) mass is 602 g/mol. The number of carbonyl (C=O) groups is 3. The van der Waals surface area contributed by atoms with E-state index >= 15 is 8.78 Å². The number of ketones is 1. The van der Waals surface area contributed by atoms with Crippen LogP contribution in [0.25, 0.3) is 11.0 Å². The van der Waals surface area contributed by atoms with Gasteiger partial charge in [0.05, 0.1) is 24.7 Å². The molecule has 0 radical (unpaired) electrons. The van der Waals surface area contributed by atoms with Crippen LogP contribution >= 0.6 is 0 Å². The fourth-order valence-corrected chi connectivity index (χ4v) is 6.18. The van der Waals surface area contributed by atoms with E-state index in [-0.39, 0.29) is 11.8 Å². The van der Waals surface area contributed by atoms with Crippen molar-refractivity contribution in [2.24, 2.45) is 11.3 Å². The number of aryl methyl sites for hydroxylation is 1. The normalized spacial score (nSPS) is 29.7. The molecule has 2 fully saturated rings. The number of benzene rings is 1. The standard InChI is InChI=1S/C31H40F2N4O6/c1-17(38)25-31(32,33)23-16-37(25)27(39)24(29(2,3)4)36-28(40)43-30(5)15-18(30)10-8-7-9-11-21-26(42-23)35-22-14-19(41-6)12-13-20(22)34-21/h12-14,18,23-25H,7-11,15-16H2,1-6H3,(H,36,40)/t18-,23+,24-,25-,30-/m1/s1. The van der Waals surface area contributed by atoms with Crippen LogP contribution in [0.4, 0.5) is 13.6 Å². The lowest BCUT2D eigenvalue weighted by atomic mass is 9.85. The van der Waals surface area contributed by atoms with Crippen LogP contribution in [0.3, 0.4) is 0 Å². The van der Waals surface area contributed by atoms with Gasteiger partial charge in [0, 0.05) is 12.0 Å². The number of alkyl halides is 2. The minimum absolute atomic E-state index is 0.0630. The summed E-state index contributed by atoms with van der Waals surface area (Å²) in [6.45, 7) is 7.42. The summed E-state index contributed by atoms with van der Waals surface area (Å²) in [5.74, 6) is -4.81. The van der Waals surface area contributed by atoms with Gasteiger partial charge in [0.15, 0.2) is 17.9 Å². The van der Waals surface area contributed by atoms with Crippen LogP contribution < -0.4 is 14.8 Å². The molecule has 5 rings (SSSR count). The predicted molar refractivity (Wildman–Crippen MR) is 153 cm³/mol. The van der Waals surface area contributed by atoms with Crippen molar-refractivity contribution in [3.63, 3.8) is 0 Å². The second-order valence-electron chi connectivity index (χ2n) is 13.3. The third-order valence-corrected chi connectivity index (χ3v) is 8.82. The highest BCUT2D eigenvalue weighted by atomic mass is 19.3. The van der Waals surface area contributed by atoms with Crippen molar-refractivity contribution in [3.8, 4) is 11.6 Å². The van der Waals surface area contributed by atoms with E-state index < -0.39 is 59.5 Å². The summed E-state index contributed by atoms with van der Waals surface area (Å²) in [4.78, 5) is 49.7. The molecule has 2 aliphatic heterocycles. The van der Waals surface area contributed by atoms with E-state index in [4.69, 9.17) is 19.2 Å². The number of ether oxygens (including phenoxy) is 3. The molecule has 1 saturated heterocycles. The number of halogens is 2. The van der Waals surface area contributed by atoms with Gasteiger partial charge in [-0.25, -0.2) is 14.8 Å². The Labute approximate surface area is 249 Å². The topological polar surface area (TPSA) is 120 Å². The van der Waals surface area contributed by atoms with Crippen LogP contribution in [0.2, 0.25) is 0 Å². The first-order valence-electron chi connectivity index (χ1n) is 14.8. The molecule has 1 aliphatic carbocycles. The van der Waals surface area contributed by atoms with Crippen molar-refractivity contribution in [1.82, 2.24) is 20.2 Å². The van der Waals surface area contributed by atoms with Crippen molar-refractivity contribution in [1.29, 1.82) is 0 Å². The van der Waals surface area contributed by atoms with Gasteiger partial charge in [-0.1, -0.05) is 33.6 Å². The molecule has 3 aliphatic rings. The summed E-state index contributed by atoms with van der Waals surface area (Å²) in [6, 6.07) is 1.81. The minimum Gasteiger partial charge on any atom is -0.497 e. The lowest BCUT2D eigenvalue weighted by Crippen LogP contribution is -2.58. The molecule has 1 N–H and O–H groups in total. The molecular weight excluding hydrogens is 562 g/mol. The van der Waals surface area contributed by atoms with Gasteiger partial charge in [-0.05, 0) is 57.1 Å². The lowest BCUT2D eigenvalue weighted by Gasteiger charge is -2.35. The Hall–Kier alpha value is -3.57. The van der Waals surface area contributed by atoms with Crippen LogP contribution in [-0.4, -0.2) is 76.0 Å². The number of carbonyl (C=O) groups excluding carboxylic acids is 3. The van der Waals surface area contributed by atoms with E-state index in [1.165, 1.54) is 7.11 Å². The first-order chi connectivity index (χ1) is 20.1. The second kappa shape index (κ2) is 11.2. The molecular formula is C31H40F2N4O6. The van der Waals surface area contributed by atoms with Gasteiger partial charge in [-0.3, -0.25) is 9.59 Å². The van der Waals surface area contributed by atoms with Crippen molar-refractivity contribution in [2.45, 2.75) is 103 Å². The number of aromatic nitrogens is 2. The van der Waals surface area contributed by atoms with Crippen molar-refractivity contribution < 1.29 is 37.4 Å². The summed E-state index contributed by atoms with van der Waals surface area (Å²) in [6.07, 6.45) is 1.79. The maximum absolute atomic E-state index is 16.0. The number of alkyl carbamates (subject to hydrolysis) is 1. The smallest absolute Gasteiger partial charge is 0.408 e. The zero-order chi connectivity index (χ0) is 31.3. The summed E-state index contributed by atoms with van der Waals surface area (Å²) in [7, 11) is 1.51. The van der Waals surface area contributed by atoms with Crippen LogP contribution in [0, 0.1) is 11.3 Å². The lowest BCUT2D eigenvalue weighted by molar-refractivity contribution is -0.150. The van der Waals surface area contributed by atoms with Gasteiger partial charge < -0.3 is 24.4 Å². The molecule has 12 heteroatoms. The average molecular weight is 603 g/mol. The van der Waals surface area contributed by atoms with Gasteiger partial charge in [-0.15, -0.1) is 0 Å². The van der Waals surface area contributed by atoms with Crippen molar-refractivity contribution in [3.05, 3.63) is 23.9 Å². The van der Waals surface area contributed by atoms with Gasteiger partial charge in [0.1, 0.15) is 23.1 Å². The van der Waals surface area contributed by atoms with E-state index in [9.17, 15) is 14.4 Å². The number of Topliss-reactive ketones (excluding diaryl/α,β-unsaturated/α-hetero) is 1. The molecule has 234 valence electrons. The van der Waals surface area contributed by atoms with Gasteiger partial charge >= 0.3 is 12.0 Å². The van der Waals surface area contributed by atoms with E-state index in [1.807, 2.05) is 6.92 Å². The van der Waals surface area contributed by atoms with Crippen molar-refractivity contribution in [2.75, 3.05) is 13.7 Å². The van der Waals surface area contributed by atoms with E-state index in [0.717, 1.165) is 31.1 Å². The highest BCUT2D eigenvalue weighted by molar-refractivity contribution is 5.93. The van der Waals surface area contributed by atoms with Crippen LogP contribution in [-0.2, 0) is 20.7 Å². The summed E-state index contributed by atoms with van der Waals surface area (Å²) in [5.41, 5.74) is -0.136. The fourth-order valence-electron chi connectivity index (χ4n) is 6.18. The Kier molecular flexibility index (Phi) is 8.02. The third kappa shape index (κ3) is 6.10. The molecule has 2 amide bonds. The Morgan fingerprint density at radius 3 is 2.56 bits per heavy atom. The van der Waals surface area contributed by atoms with Gasteiger partial charge in [0.2, 0.25) is 11.8 Å². The maximum atomic E-state index is 16.0. The molecule has 1 saturated carbocycles. The van der Waals surface area contributed by atoms with Gasteiger partial charge in [-0.2, -0.15) is 8.78 Å². The van der Waals surface area contributed by atoms with Gasteiger partial charge in [0.25, 0.3) is 0 Å². The molecule has 10 nitrogen and oxygen atoms in total. The molecule has 0 unspecified atom stereocenters. The molecule has 5 atom stereocenters. The molecule has 3 heterocycles. The number of fused-ring (bicyclic) bond motifs is 5. The number of hydrogen-bond acceptors (Lipinski definition) is 8. The highest BCUT2D eigenvalue weighted by Crippen LogP contribution is 2.50. The number of amides is 2. The summed E-state index contributed by atoms with van der Waals surface area (Å²) < 4.78 is 49.0. The summed E-state index contributed by atoms with van der Waals surface area (Å²) in [5, 5.41) is 2.63. The maximum Gasteiger partial charge on any atom is 0.408 e. The largest absolute Gasteiger partial charge is 0.497 e. The average Bonchev–Trinajstić information content (AvgIpc) is 3.46. The molecule has 0 spiro atoms. The summed E-state index contributed by atoms with van der Waals surface area (Å²) >= 11 is 0. The number of rotatable bonds is 2. The predicted octanol–water partition coefficient (Wildman–Crippen LogP) is 4.86. The number of hydrogen-bond donors (Lipinski definition) is 1. The zero-order valence-corrected chi connectivity index (χ0v) is 25.5. The number of nitrogens with one attached hydrogen (secondary N) is 1. The number of nitrogens with zero attached hydrogens (tertiary/aromatic N) is 3. The molecule has 43 heavy (non-hydrogen) atoms. The quantitative estimate of drug-likeness (QED) is 0.518. The van der Waals surface area contributed by atoms with Crippen LogP contribution in [0.1, 0.15) is 72.4 Å². The van der Waals surface area contributed by atoms with E-state index in [0.29, 0.717) is 41.7 Å². The van der Waals surface area contributed by atoms with Crippen molar-refractivity contribution >= 4 is 28.8 Å². The first-order valence-corrected chi connectivity index (χ1v) is 14.8. The van der Waals surface area contributed by atoms with E-state index in [2.05, 4.69) is 10.3 Å².